The van der Waals surface area contributed by atoms with Gasteiger partial charge in [-0.3, -0.25) is 9.59 Å². The van der Waals surface area contributed by atoms with E-state index < -0.39 is 5.97 Å². The zero-order valence-electron chi connectivity index (χ0n) is 10.8. The van der Waals surface area contributed by atoms with Crippen LogP contribution < -0.4 is 4.74 Å². The standard InChI is InChI=1S/C14H17NO4/c1-15(8-4-7-13(16)17)14(18)11-9-19-12-6-3-2-5-10(11)12/h2-3,5-6,11H,4,7-9H2,1H3,(H,16,17). The second-order valence-electron chi connectivity index (χ2n) is 4.66. The molecule has 5 nitrogen and oxygen atoms in total. The number of aliphatic carboxylic acids is 1. The van der Waals surface area contributed by atoms with Crippen LogP contribution in [0.25, 0.3) is 0 Å². The van der Waals surface area contributed by atoms with Gasteiger partial charge in [0.2, 0.25) is 5.91 Å². The minimum atomic E-state index is -0.838. The van der Waals surface area contributed by atoms with Crippen molar-refractivity contribution in [3.63, 3.8) is 0 Å². The topological polar surface area (TPSA) is 66.8 Å². The molecule has 1 atom stereocenters. The van der Waals surface area contributed by atoms with Crippen LogP contribution in [0.1, 0.15) is 24.3 Å². The number of amides is 1. The molecule has 1 amide bonds. The van der Waals surface area contributed by atoms with Gasteiger partial charge in [0.15, 0.2) is 0 Å². The van der Waals surface area contributed by atoms with E-state index in [1.807, 2.05) is 24.3 Å². The molecule has 1 aromatic rings. The fourth-order valence-electron chi connectivity index (χ4n) is 2.21. The van der Waals surface area contributed by atoms with E-state index in [2.05, 4.69) is 0 Å². The number of carboxylic acid groups (broad SMARTS) is 1. The van der Waals surface area contributed by atoms with E-state index in [-0.39, 0.29) is 18.2 Å². The number of carboxylic acids is 1. The van der Waals surface area contributed by atoms with Gasteiger partial charge < -0.3 is 14.7 Å². The lowest BCUT2D eigenvalue weighted by Gasteiger charge is -2.20. The average molecular weight is 263 g/mol. The molecule has 0 aliphatic carbocycles. The van der Waals surface area contributed by atoms with Crippen molar-refractivity contribution >= 4 is 11.9 Å². The van der Waals surface area contributed by atoms with Gasteiger partial charge in [-0.1, -0.05) is 18.2 Å². The van der Waals surface area contributed by atoms with Gasteiger partial charge in [-0.15, -0.1) is 0 Å². The summed E-state index contributed by atoms with van der Waals surface area (Å²) in [6, 6.07) is 7.52. The van der Waals surface area contributed by atoms with Crippen LogP contribution >= 0.6 is 0 Å². The monoisotopic (exact) mass is 263 g/mol. The lowest BCUT2D eigenvalue weighted by Crippen LogP contribution is -2.33. The van der Waals surface area contributed by atoms with Gasteiger partial charge in [-0.2, -0.15) is 0 Å². The molecule has 0 bridgehead atoms. The van der Waals surface area contributed by atoms with Gasteiger partial charge in [-0.25, -0.2) is 0 Å². The molecule has 19 heavy (non-hydrogen) atoms. The van der Waals surface area contributed by atoms with Crippen molar-refractivity contribution in [2.24, 2.45) is 0 Å². The van der Waals surface area contributed by atoms with Gasteiger partial charge in [-0.05, 0) is 12.5 Å². The van der Waals surface area contributed by atoms with E-state index in [1.165, 1.54) is 0 Å². The zero-order chi connectivity index (χ0) is 13.8. The van der Waals surface area contributed by atoms with Crippen molar-refractivity contribution in [3.8, 4) is 5.75 Å². The summed E-state index contributed by atoms with van der Waals surface area (Å²) in [5, 5.41) is 8.58. The number of ether oxygens (including phenoxy) is 1. The Morgan fingerprint density at radius 1 is 1.42 bits per heavy atom. The normalized spacial score (nSPS) is 16.6. The molecule has 0 saturated heterocycles. The van der Waals surface area contributed by atoms with E-state index in [4.69, 9.17) is 9.84 Å². The first-order valence-electron chi connectivity index (χ1n) is 6.28. The molecule has 1 aromatic carbocycles. The number of hydrogen-bond donors (Lipinski definition) is 1. The minimum absolute atomic E-state index is 0.0182. The first-order valence-corrected chi connectivity index (χ1v) is 6.28. The van der Waals surface area contributed by atoms with Crippen LogP contribution in [-0.2, 0) is 9.59 Å². The lowest BCUT2D eigenvalue weighted by molar-refractivity contribution is -0.138. The van der Waals surface area contributed by atoms with Crippen molar-refractivity contribution in [3.05, 3.63) is 29.8 Å². The third-order valence-corrected chi connectivity index (χ3v) is 3.26. The Labute approximate surface area is 111 Å². The van der Waals surface area contributed by atoms with Crippen LogP contribution in [0.15, 0.2) is 24.3 Å². The predicted molar refractivity (Wildman–Crippen MR) is 69.2 cm³/mol. The number of likely N-dealkylation sites (N-methyl/N-ethyl adjacent to an activating group) is 1. The van der Waals surface area contributed by atoms with E-state index >= 15 is 0 Å². The second kappa shape index (κ2) is 5.73. The maximum Gasteiger partial charge on any atom is 0.303 e. The molecule has 5 heteroatoms. The summed E-state index contributed by atoms with van der Waals surface area (Å²) in [5.74, 6) is -0.364. The van der Waals surface area contributed by atoms with Crippen LogP contribution in [0.4, 0.5) is 0 Å². The highest BCUT2D eigenvalue weighted by Gasteiger charge is 2.31. The van der Waals surface area contributed by atoms with Gasteiger partial charge in [0, 0.05) is 25.6 Å². The number of fused-ring (bicyclic) bond motifs is 1. The fourth-order valence-corrected chi connectivity index (χ4v) is 2.21. The summed E-state index contributed by atoms with van der Waals surface area (Å²) in [5.41, 5.74) is 0.914. The molecule has 2 rings (SSSR count). The summed E-state index contributed by atoms with van der Waals surface area (Å²) in [6.45, 7) is 0.811. The molecule has 0 saturated carbocycles. The number of rotatable bonds is 5. The maximum absolute atomic E-state index is 12.3. The van der Waals surface area contributed by atoms with Gasteiger partial charge in [0.25, 0.3) is 0 Å². The minimum Gasteiger partial charge on any atom is -0.492 e. The third kappa shape index (κ3) is 3.05. The van der Waals surface area contributed by atoms with Crippen molar-refractivity contribution in [2.75, 3.05) is 20.2 Å². The molecular formula is C14H17NO4. The number of benzene rings is 1. The molecule has 1 heterocycles. The van der Waals surface area contributed by atoms with Crippen LogP contribution in [0.3, 0.4) is 0 Å². The third-order valence-electron chi connectivity index (χ3n) is 3.26. The molecule has 0 fully saturated rings. The summed E-state index contributed by atoms with van der Waals surface area (Å²) in [7, 11) is 1.70. The average Bonchev–Trinajstić information content (AvgIpc) is 2.81. The molecule has 1 unspecified atom stereocenters. The lowest BCUT2D eigenvalue weighted by atomic mass is 10.00. The van der Waals surface area contributed by atoms with Crippen molar-refractivity contribution in [1.29, 1.82) is 0 Å². The number of hydrogen-bond acceptors (Lipinski definition) is 3. The predicted octanol–water partition coefficient (Wildman–Crippen LogP) is 1.49. The Morgan fingerprint density at radius 2 is 2.16 bits per heavy atom. The Bertz CT molecular complexity index is 486. The first-order chi connectivity index (χ1) is 9.09. The van der Waals surface area contributed by atoms with Gasteiger partial charge in [0.05, 0.1) is 0 Å². The molecular weight excluding hydrogens is 246 g/mol. The SMILES string of the molecule is CN(CCCC(=O)O)C(=O)C1COc2ccccc21. The summed E-state index contributed by atoms with van der Waals surface area (Å²) in [6.07, 6.45) is 0.544. The maximum atomic E-state index is 12.3. The molecule has 0 radical (unpaired) electrons. The summed E-state index contributed by atoms with van der Waals surface area (Å²) in [4.78, 5) is 24.3. The van der Waals surface area contributed by atoms with Crippen LogP contribution in [-0.4, -0.2) is 42.1 Å². The van der Waals surface area contributed by atoms with E-state index in [9.17, 15) is 9.59 Å². The quantitative estimate of drug-likeness (QED) is 0.874. The largest absolute Gasteiger partial charge is 0.492 e. The molecule has 0 aromatic heterocycles. The highest BCUT2D eigenvalue weighted by atomic mass is 16.5. The smallest absolute Gasteiger partial charge is 0.303 e. The summed E-state index contributed by atoms with van der Waals surface area (Å²) >= 11 is 0. The highest BCUT2D eigenvalue weighted by molar-refractivity contribution is 5.85. The molecule has 0 spiro atoms. The first kappa shape index (κ1) is 13.4. The Balaban J connectivity index is 1.95. The Morgan fingerprint density at radius 3 is 2.89 bits per heavy atom. The van der Waals surface area contributed by atoms with Crippen LogP contribution in [0.2, 0.25) is 0 Å². The molecule has 1 aliphatic heterocycles. The zero-order valence-corrected chi connectivity index (χ0v) is 10.8. The second-order valence-corrected chi connectivity index (χ2v) is 4.66. The van der Waals surface area contributed by atoms with Gasteiger partial charge in [0.1, 0.15) is 18.3 Å². The number of carbonyl (C=O) groups excluding carboxylic acids is 1. The highest BCUT2D eigenvalue weighted by Crippen LogP contribution is 2.34. The van der Waals surface area contributed by atoms with Crippen LogP contribution in [0.5, 0.6) is 5.75 Å². The Hall–Kier alpha value is -2.04. The number of carbonyl (C=O) groups is 2. The van der Waals surface area contributed by atoms with E-state index in [0.717, 1.165) is 11.3 Å². The molecule has 1 N–H and O–H groups in total. The van der Waals surface area contributed by atoms with Crippen molar-refractivity contribution in [2.45, 2.75) is 18.8 Å². The van der Waals surface area contributed by atoms with Crippen molar-refractivity contribution in [1.82, 2.24) is 4.90 Å². The molecule has 1 aliphatic rings. The van der Waals surface area contributed by atoms with E-state index in [1.54, 1.807) is 11.9 Å². The van der Waals surface area contributed by atoms with Gasteiger partial charge >= 0.3 is 5.97 Å². The molecule has 102 valence electrons. The van der Waals surface area contributed by atoms with E-state index in [0.29, 0.717) is 19.6 Å². The number of para-hydroxylation sites is 1. The fraction of sp³-hybridized carbons (Fsp3) is 0.429. The summed E-state index contributed by atoms with van der Waals surface area (Å²) < 4.78 is 5.48. The van der Waals surface area contributed by atoms with Crippen LogP contribution in [0, 0.1) is 0 Å². The van der Waals surface area contributed by atoms with Crippen molar-refractivity contribution < 1.29 is 19.4 Å². The Kier molecular flexibility index (Phi) is 4.04. The number of nitrogens with zero attached hydrogens (tertiary/aromatic N) is 1.